The van der Waals surface area contributed by atoms with E-state index in [-0.39, 0.29) is 5.82 Å². The molecule has 3 rings (SSSR count). The zero-order valence-corrected chi connectivity index (χ0v) is 11.1. The molecule has 1 fully saturated rings. The first-order valence-corrected chi connectivity index (χ1v) is 6.82. The molecule has 0 aliphatic heterocycles. The Hall–Kier alpha value is -1.31. The number of nitrogens with one attached hydrogen (secondary N) is 1. The van der Waals surface area contributed by atoms with Crippen molar-refractivity contribution in [2.24, 2.45) is 5.41 Å². The lowest BCUT2D eigenvalue weighted by atomic mass is 9.71. The van der Waals surface area contributed by atoms with Crippen molar-refractivity contribution in [3.63, 3.8) is 0 Å². The third kappa shape index (κ3) is 2.05. The van der Waals surface area contributed by atoms with Crippen molar-refractivity contribution in [2.75, 3.05) is 0 Å². The van der Waals surface area contributed by atoms with Gasteiger partial charge in [0.15, 0.2) is 0 Å². The summed E-state index contributed by atoms with van der Waals surface area (Å²) >= 11 is 0. The monoisotopic (exact) mass is 245 g/mol. The molecule has 1 aliphatic rings. The van der Waals surface area contributed by atoms with Gasteiger partial charge in [-0.2, -0.15) is 0 Å². The largest absolute Gasteiger partial charge is 0.361 e. The summed E-state index contributed by atoms with van der Waals surface area (Å²) in [5.41, 5.74) is 2.84. The summed E-state index contributed by atoms with van der Waals surface area (Å²) in [6, 6.07) is 5.02. The number of hydrogen-bond acceptors (Lipinski definition) is 0. The van der Waals surface area contributed by atoms with E-state index >= 15 is 0 Å². The van der Waals surface area contributed by atoms with Gasteiger partial charge in [0.05, 0.1) is 0 Å². The molecule has 1 aliphatic carbocycles. The summed E-state index contributed by atoms with van der Waals surface area (Å²) in [5.74, 6) is 0.452. The van der Waals surface area contributed by atoms with E-state index in [1.54, 1.807) is 6.07 Å². The van der Waals surface area contributed by atoms with E-state index in [0.717, 1.165) is 10.9 Å². The number of H-pyrrole nitrogens is 1. The number of fused-ring (bicyclic) bond motifs is 1. The van der Waals surface area contributed by atoms with Crippen LogP contribution in [0.25, 0.3) is 10.9 Å². The summed E-state index contributed by atoms with van der Waals surface area (Å²) in [7, 11) is 0. The molecule has 1 saturated carbocycles. The lowest BCUT2D eigenvalue weighted by Gasteiger charge is -2.34. The second kappa shape index (κ2) is 4.11. The van der Waals surface area contributed by atoms with E-state index in [9.17, 15) is 4.39 Å². The molecule has 0 amide bonds. The van der Waals surface area contributed by atoms with Crippen molar-refractivity contribution >= 4 is 10.9 Å². The molecule has 1 aromatic carbocycles. The van der Waals surface area contributed by atoms with E-state index in [2.05, 4.69) is 25.0 Å². The van der Waals surface area contributed by atoms with Gasteiger partial charge < -0.3 is 4.98 Å². The molecule has 1 aromatic heterocycles. The number of benzene rings is 1. The fourth-order valence-electron chi connectivity index (χ4n) is 3.16. The molecule has 1 nitrogen and oxygen atoms in total. The Morgan fingerprint density at radius 2 is 1.94 bits per heavy atom. The van der Waals surface area contributed by atoms with Gasteiger partial charge in [0.2, 0.25) is 0 Å². The Kier molecular flexibility index (Phi) is 2.69. The lowest BCUT2D eigenvalue weighted by Crippen LogP contribution is -2.20. The van der Waals surface area contributed by atoms with E-state index in [1.807, 2.05) is 6.07 Å². The lowest BCUT2D eigenvalue weighted by molar-refractivity contribution is 0.225. The van der Waals surface area contributed by atoms with Gasteiger partial charge in [0.1, 0.15) is 5.82 Å². The summed E-state index contributed by atoms with van der Waals surface area (Å²) in [5, 5.41) is 1.07. The SMILES string of the molecule is CC1(C)CCC(c2c[nH]c3ccc(F)cc23)CC1. The Morgan fingerprint density at radius 3 is 2.67 bits per heavy atom. The van der Waals surface area contributed by atoms with Gasteiger partial charge in [-0.15, -0.1) is 0 Å². The highest BCUT2D eigenvalue weighted by Gasteiger charge is 2.28. The minimum absolute atomic E-state index is 0.139. The predicted octanol–water partition coefficient (Wildman–Crippen LogP) is 4.99. The summed E-state index contributed by atoms with van der Waals surface area (Å²) in [6.07, 6.45) is 7.04. The maximum atomic E-state index is 13.4. The average molecular weight is 245 g/mol. The molecule has 1 heterocycles. The highest BCUT2D eigenvalue weighted by atomic mass is 19.1. The summed E-state index contributed by atoms with van der Waals surface area (Å²) < 4.78 is 13.4. The normalized spacial score (nSPS) is 20.4. The van der Waals surface area contributed by atoms with Crippen LogP contribution in [0.2, 0.25) is 0 Å². The Balaban J connectivity index is 1.93. The van der Waals surface area contributed by atoms with Crippen molar-refractivity contribution < 1.29 is 4.39 Å². The van der Waals surface area contributed by atoms with Crippen molar-refractivity contribution in [2.45, 2.75) is 45.4 Å². The Labute approximate surface area is 107 Å². The molecule has 1 N–H and O–H groups in total. The molecule has 0 radical (unpaired) electrons. The molecule has 0 saturated heterocycles. The standard InChI is InChI=1S/C16H20FN/c1-16(2)7-5-11(6-8-16)14-10-18-15-4-3-12(17)9-13(14)15/h3-4,9-11,18H,5-8H2,1-2H3. The third-order valence-electron chi connectivity index (χ3n) is 4.45. The average Bonchev–Trinajstić information content (AvgIpc) is 2.72. The number of aromatic amines is 1. The molecule has 0 bridgehead atoms. The number of aromatic nitrogens is 1. The number of rotatable bonds is 1. The second-order valence-electron chi connectivity index (χ2n) is 6.37. The predicted molar refractivity (Wildman–Crippen MR) is 73.2 cm³/mol. The molecule has 0 unspecified atom stereocenters. The first-order valence-electron chi connectivity index (χ1n) is 6.82. The quantitative estimate of drug-likeness (QED) is 0.728. The van der Waals surface area contributed by atoms with Crippen molar-refractivity contribution in [1.29, 1.82) is 0 Å². The minimum atomic E-state index is -0.139. The van der Waals surface area contributed by atoms with Crippen molar-refractivity contribution in [1.82, 2.24) is 4.98 Å². The zero-order valence-electron chi connectivity index (χ0n) is 11.1. The fourth-order valence-corrected chi connectivity index (χ4v) is 3.16. The van der Waals surface area contributed by atoms with Crippen LogP contribution >= 0.6 is 0 Å². The molecule has 18 heavy (non-hydrogen) atoms. The maximum absolute atomic E-state index is 13.4. The minimum Gasteiger partial charge on any atom is -0.361 e. The van der Waals surface area contributed by atoms with Crippen molar-refractivity contribution in [3.05, 3.63) is 35.8 Å². The maximum Gasteiger partial charge on any atom is 0.123 e. The van der Waals surface area contributed by atoms with Gasteiger partial charge in [0.25, 0.3) is 0 Å². The smallest absolute Gasteiger partial charge is 0.123 e. The first kappa shape index (κ1) is 11.8. The highest BCUT2D eigenvalue weighted by Crippen LogP contribution is 2.43. The zero-order chi connectivity index (χ0) is 12.8. The highest BCUT2D eigenvalue weighted by molar-refractivity contribution is 5.83. The number of hydrogen-bond donors (Lipinski definition) is 1. The van der Waals surface area contributed by atoms with Crippen LogP contribution in [0.15, 0.2) is 24.4 Å². The van der Waals surface area contributed by atoms with Gasteiger partial charge in [-0.05, 0) is 60.8 Å². The van der Waals surface area contributed by atoms with Crippen LogP contribution in [0.5, 0.6) is 0 Å². The van der Waals surface area contributed by atoms with E-state index in [1.165, 1.54) is 37.3 Å². The van der Waals surface area contributed by atoms with Gasteiger partial charge in [0, 0.05) is 17.1 Å². The van der Waals surface area contributed by atoms with Gasteiger partial charge in [-0.25, -0.2) is 4.39 Å². The van der Waals surface area contributed by atoms with Crippen LogP contribution in [0, 0.1) is 11.2 Å². The van der Waals surface area contributed by atoms with Crippen LogP contribution in [-0.2, 0) is 0 Å². The molecule has 2 heteroatoms. The molecule has 2 aromatic rings. The van der Waals surface area contributed by atoms with Crippen LogP contribution < -0.4 is 0 Å². The first-order chi connectivity index (χ1) is 8.55. The van der Waals surface area contributed by atoms with Crippen LogP contribution in [-0.4, -0.2) is 4.98 Å². The van der Waals surface area contributed by atoms with Crippen LogP contribution in [0.4, 0.5) is 4.39 Å². The molecular weight excluding hydrogens is 225 g/mol. The van der Waals surface area contributed by atoms with Crippen molar-refractivity contribution in [3.8, 4) is 0 Å². The van der Waals surface area contributed by atoms with E-state index in [0.29, 0.717) is 11.3 Å². The second-order valence-corrected chi connectivity index (χ2v) is 6.37. The molecular formula is C16H20FN. The molecule has 96 valence electrons. The third-order valence-corrected chi connectivity index (χ3v) is 4.45. The van der Waals surface area contributed by atoms with Crippen LogP contribution in [0.3, 0.4) is 0 Å². The Morgan fingerprint density at radius 1 is 1.22 bits per heavy atom. The fraction of sp³-hybridized carbons (Fsp3) is 0.500. The summed E-state index contributed by atoms with van der Waals surface area (Å²) in [6.45, 7) is 4.69. The van der Waals surface area contributed by atoms with E-state index < -0.39 is 0 Å². The molecule has 0 spiro atoms. The summed E-state index contributed by atoms with van der Waals surface area (Å²) in [4.78, 5) is 3.27. The van der Waals surface area contributed by atoms with Gasteiger partial charge >= 0.3 is 0 Å². The van der Waals surface area contributed by atoms with Gasteiger partial charge in [-0.3, -0.25) is 0 Å². The molecule has 0 atom stereocenters. The topological polar surface area (TPSA) is 15.8 Å². The number of halogens is 1. The van der Waals surface area contributed by atoms with Crippen LogP contribution in [0.1, 0.15) is 51.0 Å². The Bertz CT molecular complexity index is 557. The van der Waals surface area contributed by atoms with E-state index in [4.69, 9.17) is 0 Å². The van der Waals surface area contributed by atoms with Gasteiger partial charge in [-0.1, -0.05) is 13.8 Å².